The third-order valence-electron chi connectivity index (χ3n) is 3.12. The van der Waals surface area contributed by atoms with Gasteiger partial charge in [0.1, 0.15) is 0 Å². The molecular weight excluding hydrogens is 182 g/mol. The average molecular weight is 197 g/mol. The fourth-order valence-electron chi connectivity index (χ4n) is 1.85. The molecule has 0 heterocycles. The summed E-state index contributed by atoms with van der Waals surface area (Å²) in [4.78, 5) is 11.0. The number of aliphatic carboxylic acids is 1. The topological polar surface area (TPSA) is 69.9 Å². The molecule has 78 valence electrons. The highest BCUT2D eigenvalue weighted by Crippen LogP contribution is 2.39. The number of carbonyl (C=O) groups is 1. The number of carboxylic acids is 1. The minimum Gasteiger partial charge on any atom is -0.481 e. The quantitative estimate of drug-likeness (QED) is 0.307. The Bertz CT molecular complexity index is 296. The summed E-state index contributed by atoms with van der Waals surface area (Å²) < 4.78 is 0. The van der Waals surface area contributed by atoms with Gasteiger partial charge in [-0.1, -0.05) is 24.2 Å². The van der Waals surface area contributed by atoms with Crippen molar-refractivity contribution >= 4 is 11.7 Å². The minimum atomic E-state index is -0.833. The largest absolute Gasteiger partial charge is 0.481 e. The van der Waals surface area contributed by atoms with Crippen LogP contribution in [0.5, 0.6) is 0 Å². The van der Waals surface area contributed by atoms with Crippen molar-refractivity contribution in [3.8, 4) is 0 Å². The molecule has 1 rings (SSSR count). The van der Waals surface area contributed by atoms with E-state index >= 15 is 0 Å². The van der Waals surface area contributed by atoms with E-state index in [1.54, 1.807) is 6.92 Å². The summed E-state index contributed by atoms with van der Waals surface area (Å²) in [5.74, 6) is -1.33. The molecule has 0 saturated heterocycles. The Morgan fingerprint density at radius 2 is 2.21 bits per heavy atom. The van der Waals surface area contributed by atoms with Gasteiger partial charge in [-0.3, -0.25) is 4.79 Å². The van der Waals surface area contributed by atoms with Gasteiger partial charge in [0.25, 0.3) is 0 Å². The van der Waals surface area contributed by atoms with Crippen LogP contribution in [-0.2, 0) is 4.79 Å². The van der Waals surface area contributed by atoms with Crippen LogP contribution < -0.4 is 0 Å². The standard InChI is InChI=1S/C10H15NO3/c1-7(11-14)10(2)6-4-3-5-8(10)9(12)13/h3-4,8,14H,5-6H2,1-2H3,(H,12,13)/b11-7+. The maximum Gasteiger partial charge on any atom is 0.307 e. The van der Waals surface area contributed by atoms with E-state index in [-0.39, 0.29) is 0 Å². The van der Waals surface area contributed by atoms with E-state index in [1.165, 1.54) is 0 Å². The SMILES string of the molecule is C/C(=N\O)C1(C)CC=CCC1C(=O)O. The highest BCUT2D eigenvalue weighted by Gasteiger charge is 2.42. The summed E-state index contributed by atoms with van der Waals surface area (Å²) in [6, 6.07) is 0. The van der Waals surface area contributed by atoms with Crippen molar-refractivity contribution in [1.82, 2.24) is 0 Å². The van der Waals surface area contributed by atoms with Crippen molar-refractivity contribution in [3.05, 3.63) is 12.2 Å². The predicted molar refractivity (Wildman–Crippen MR) is 52.5 cm³/mol. The van der Waals surface area contributed by atoms with Gasteiger partial charge < -0.3 is 10.3 Å². The van der Waals surface area contributed by atoms with Crippen LogP contribution in [-0.4, -0.2) is 22.0 Å². The Labute approximate surface area is 82.9 Å². The molecule has 0 aromatic heterocycles. The number of nitrogens with zero attached hydrogens (tertiary/aromatic N) is 1. The third kappa shape index (κ3) is 1.64. The van der Waals surface area contributed by atoms with Crippen LogP contribution in [0.3, 0.4) is 0 Å². The third-order valence-corrected chi connectivity index (χ3v) is 3.12. The van der Waals surface area contributed by atoms with Gasteiger partial charge >= 0.3 is 5.97 Å². The number of allylic oxidation sites excluding steroid dienone is 2. The minimum absolute atomic E-state index is 0.481. The maximum absolute atomic E-state index is 11.0. The highest BCUT2D eigenvalue weighted by molar-refractivity contribution is 5.92. The normalized spacial score (nSPS) is 33.0. The first-order valence-electron chi connectivity index (χ1n) is 4.59. The van der Waals surface area contributed by atoms with Gasteiger partial charge in [0.2, 0.25) is 0 Å². The number of hydrogen-bond donors (Lipinski definition) is 2. The van der Waals surface area contributed by atoms with Gasteiger partial charge in [0.05, 0.1) is 11.6 Å². The zero-order valence-electron chi connectivity index (χ0n) is 8.40. The Morgan fingerprint density at radius 1 is 1.57 bits per heavy atom. The Balaban J connectivity index is 3.04. The van der Waals surface area contributed by atoms with Crippen LogP contribution in [0.2, 0.25) is 0 Å². The molecule has 1 aliphatic carbocycles. The fourth-order valence-corrected chi connectivity index (χ4v) is 1.85. The van der Waals surface area contributed by atoms with E-state index in [2.05, 4.69) is 5.16 Å². The van der Waals surface area contributed by atoms with Crippen LogP contribution in [0, 0.1) is 11.3 Å². The van der Waals surface area contributed by atoms with Crippen molar-refractivity contribution in [2.24, 2.45) is 16.5 Å². The van der Waals surface area contributed by atoms with E-state index in [1.807, 2.05) is 19.1 Å². The van der Waals surface area contributed by atoms with Crippen LogP contribution in [0.4, 0.5) is 0 Å². The lowest BCUT2D eigenvalue weighted by molar-refractivity contribution is -0.144. The molecule has 0 aromatic carbocycles. The number of carboxylic acid groups (broad SMARTS) is 1. The van der Waals surface area contributed by atoms with Crippen molar-refractivity contribution in [2.75, 3.05) is 0 Å². The van der Waals surface area contributed by atoms with Gasteiger partial charge in [-0.2, -0.15) is 0 Å². The monoisotopic (exact) mass is 197 g/mol. The number of hydrogen-bond acceptors (Lipinski definition) is 3. The number of rotatable bonds is 2. The molecule has 4 nitrogen and oxygen atoms in total. The van der Waals surface area contributed by atoms with Crippen molar-refractivity contribution in [2.45, 2.75) is 26.7 Å². The predicted octanol–water partition coefficient (Wildman–Crippen LogP) is 1.89. The van der Waals surface area contributed by atoms with Crippen molar-refractivity contribution < 1.29 is 15.1 Å². The second-order valence-corrected chi connectivity index (χ2v) is 3.90. The second-order valence-electron chi connectivity index (χ2n) is 3.90. The summed E-state index contributed by atoms with van der Waals surface area (Å²) in [5.41, 5.74) is -0.0794. The van der Waals surface area contributed by atoms with E-state index in [0.717, 1.165) is 0 Å². The highest BCUT2D eigenvalue weighted by atomic mass is 16.4. The molecule has 0 fully saturated rings. The first-order chi connectivity index (χ1) is 6.52. The zero-order chi connectivity index (χ0) is 10.8. The van der Waals surface area contributed by atoms with Gasteiger partial charge in [0.15, 0.2) is 0 Å². The van der Waals surface area contributed by atoms with Crippen LogP contribution in [0.25, 0.3) is 0 Å². The molecule has 14 heavy (non-hydrogen) atoms. The first-order valence-corrected chi connectivity index (χ1v) is 4.59. The van der Waals surface area contributed by atoms with Gasteiger partial charge in [-0.15, -0.1) is 0 Å². The lowest BCUT2D eigenvalue weighted by atomic mass is 9.67. The Hall–Kier alpha value is -1.32. The fraction of sp³-hybridized carbons (Fsp3) is 0.600. The summed E-state index contributed by atoms with van der Waals surface area (Å²) in [6.45, 7) is 3.49. The first kappa shape index (κ1) is 10.8. The molecule has 0 radical (unpaired) electrons. The van der Waals surface area contributed by atoms with E-state index < -0.39 is 17.3 Å². The summed E-state index contributed by atoms with van der Waals surface area (Å²) in [5, 5.41) is 20.9. The maximum atomic E-state index is 11.0. The summed E-state index contributed by atoms with van der Waals surface area (Å²) in [7, 11) is 0. The second kappa shape index (κ2) is 3.82. The van der Waals surface area contributed by atoms with E-state index in [9.17, 15) is 4.79 Å². The van der Waals surface area contributed by atoms with Gasteiger partial charge in [-0.25, -0.2) is 0 Å². The molecular formula is C10H15NO3. The molecule has 0 amide bonds. The lowest BCUT2D eigenvalue weighted by Crippen LogP contribution is -2.40. The van der Waals surface area contributed by atoms with Crippen LogP contribution in [0.15, 0.2) is 17.3 Å². The summed E-state index contributed by atoms with van der Waals surface area (Å²) in [6.07, 6.45) is 4.91. The molecule has 0 saturated carbocycles. The van der Waals surface area contributed by atoms with Gasteiger partial charge in [0, 0.05) is 5.41 Å². The van der Waals surface area contributed by atoms with Crippen LogP contribution >= 0.6 is 0 Å². The molecule has 2 unspecified atom stereocenters. The number of oxime groups is 1. The van der Waals surface area contributed by atoms with E-state index in [4.69, 9.17) is 10.3 Å². The molecule has 0 aromatic rings. The molecule has 0 aliphatic heterocycles. The Morgan fingerprint density at radius 3 is 2.71 bits per heavy atom. The Kier molecular flexibility index (Phi) is 2.93. The zero-order valence-corrected chi connectivity index (χ0v) is 8.40. The van der Waals surface area contributed by atoms with Crippen LogP contribution in [0.1, 0.15) is 26.7 Å². The molecule has 0 bridgehead atoms. The lowest BCUT2D eigenvalue weighted by Gasteiger charge is -2.35. The molecule has 4 heteroatoms. The molecule has 2 N–H and O–H groups in total. The van der Waals surface area contributed by atoms with Crippen molar-refractivity contribution in [3.63, 3.8) is 0 Å². The smallest absolute Gasteiger partial charge is 0.307 e. The summed E-state index contributed by atoms with van der Waals surface area (Å²) >= 11 is 0. The van der Waals surface area contributed by atoms with Gasteiger partial charge in [-0.05, 0) is 19.8 Å². The molecule has 1 aliphatic rings. The molecule has 0 spiro atoms. The average Bonchev–Trinajstić information content (AvgIpc) is 2.16. The van der Waals surface area contributed by atoms with Crippen molar-refractivity contribution in [1.29, 1.82) is 0 Å². The molecule has 2 atom stereocenters. The van der Waals surface area contributed by atoms with E-state index in [0.29, 0.717) is 18.6 Å².